The van der Waals surface area contributed by atoms with Crippen LogP contribution in [-0.2, 0) is 0 Å². The smallest absolute Gasteiger partial charge is 0.0412 e. The van der Waals surface area contributed by atoms with E-state index in [0.29, 0.717) is 0 Å². The maximum atomic E-state index is 5.93. The summed E-state index contributed by atoms with van der Waals surface area (Å²) in [5, 5.41) is 0.810. The molecule has 0 fully saturated rings. The minimum Gasteiger partial charge on any atom is -0.0843 e. The van der Waals surface area contributed by atoms with Gasteiger partial charge in [-0.1, -0.05) is 44.5 Å². The van der Waals surface area contributed by atoms with Crippen LogP contribution in [0.3, 0.4) is 0 Å². The molecule has 0 aromatic heterocycles. The number of aryl methyl sites for hydroxylation is 1. The van der Waals surface area contributed by atoms with E-state index in [4.69, 9.17) is 11.6 Å². The summed E-state index contributed by atoms with van der Waals surface area (Å²) in [5.74, 6) is 0. The van der Waals surface area contributed by atoms with Crippen molar-refractivity contribution >= 4 is 17.2 Å². The van der Waals surface area contributed by atoms with E-state index in [1.54, 1.807) is 0 Å². The van der Waals surface area contributed by atoms with Crippen LogP contribution in [0.15, 0.2) is 24.3 Å². The van der Waals surface area contributed by atoms with Crippen molar-refractivity contribution in [1.82, 2.24) is 0 Å². The molecule has 0 unspecified atom stereocenters. The van der Waals surface area contributed by atoms with Gasteiger partial charge in [0.25, 0.3) is 0 Å². The summed E-state index contributed by atoms with van der Waals surface area (Å²) in [6, 6.07) is 6.02. The largest absolute Gasteiger partial charge is 0.0843 e. The van der Waals surface area contributed by atoms with Crippen LogP contribution in [0.1, 0.15) is 45.2 Å². The summed E-state index contributed by atoms with van der Waals surface area (Å²) in [5.41, 5.74) is 3.85. The molecule has 1 aromatic rings. The zero-order valence-corrected chi connectivity index (χ0v) is 11.2. The third-order valence-corrected chi connectivity index (χ3v) is 2.37. The van der Waals surface area contributed by atoms with Crippen LogP contribution in [0, 0.1) is 6.92 Å². The Morgan fingerprint density at radius 2 is 1.93 bits per heavy atom. The van der Waals surface area contributed by atoms with Crippen molar-refractivity contribution in [1.29, 1.82) is 0 Å². The lowest BCUT2D eigenvalue weighted by atomic mass is 10.0. The first kappa shape index (κ1) is 14.2. The fraction of sp³-hybridized carbons (Fsp3) is 0.429. The number of benzene rings is 1. The SMILES string of the molecule is CC.CC/C=C(/C)c1cc(Cl)ccc1C. The van der Waals surface area contributed by atoms with Crippen LogP contribution in [0.2, 0.25) is 5.02 Å². The van der Waals surface area contributed by atoms with Gasteiger partial charge in [-0.2, -0.15) is 0 Å². The van der Waals surface area contributed by atoms with Gasteiger partial charge in [0.15, 0.2) is 0 Å². The van der Waals surface area contributed by atoms with Crippen LogP contribution >= 0.6 is 11.6 Å². The third kappa shape index (κ3) is 4.53. The molecule has 0 aliphatic heterocycles. The first-order valence-electron chi connectivity index (χ1n) is 5.58. The van der Waals surface area contributed by atoms with E-state index in [9.17, 15) is 0 Å². The van der Waals surface area contributed by atoms with Crippen molar-refractivity contribution in [2.45, 2.75) is 41.0 Å². The van der Waals surface area contributed by atoms with E-state index >= 15 is 0 Å². The summed E-state index contributed by atoms with van der Waals surface area (Å²) < 4.78 is 0. The molecule has 0 nitrogen and oxygen atoms in total. The minimum atomic E-state index is 0.810. The molecule has 0 amide bonds. The Balaban J connectivity index is 0.000000921. The van der Waals surface area contributed by atoms with Crippen LogP contribution in [0.25, 0.3) is 5.57 Å². The van der Waals surface area contributed by atoms with Gasteiger partial charge in [0.2, 0.25) is 0 Å². The van der Waals surface area contributed by atoms with Crippen molar-refractivity contribution < 1.29 is 0 Å². The maximum Gasteiger partial charge on any atom is 0.0412 e. The Morgan fingerprint density at radius 3 is 2.47 bits per heavy atom. The Hall–Kier alpha value is -0.750. The van der Waals surface area contributed by atoms with Gasteiger partial charge in [-0.05, 0) is 49.1 Å². The Kier molecular flexibility index (Phi) is 7.15. The fourth-order valence-corrected chi connectivity index (χ4v) is 1.61. The molecule has 0 saturated heterocycles. The predicted molar refractivity (Wildman–Crippen MR) is 71.5 cm³/mol. The summed E-state index contributed by atoms with van der Waals surface area (Å²) in [4.78, 5) is 0. The molecular weight excluding hydrogens is 204 g/mol. The van der Waals surface area contributed by atoms with E-state index in [1.807, 2.05) is 26.0 Å². The topological polar surface area (TPSA) is 0 Å². The predicted octanol–water partition coefficient (Wildman–Crippen LogP) is 5.49. The maximum absolute atomic E-state index is 5.93. The first-order valence-corrected chi connectivity index (χ1v) is 5.96. The molecule has 1 aromatic carbocycles. The summed E-state index contributed by atoms with van der Waals surface area (Å²) >= 11 is 5.93. The highest BCUT2D eigenvalue weighted by atomic mass is 35.5. The molecule has 15 heavy (non-hydrogen) atoms. The fourth-order valence-electron chi connectivity index (χ4n) is 1.44. The van der Waals surface area contributed by atoms with E-state index in [2.05, 4.69) is 32.9 Å². The second kappa shape index (κ2) is 7.53. The molecule has 1 rings (SSSR count). The lowest BCUT2D eigenvalue weighted by molar-refractivity contribution is 1.22. The highest BCUT2D eigenvalue weighted by molar-refractivity contribution is 6.30. The van der Waals surface area contributed by atoms with Gasteiger partial charge in [0, 0.05) is 5.02 Å². The monoisotopic (exact) mass is 224 g/mol. The van der Waals surface area contributed by atoms with Gasteiger partial charge in [-0.3, -0.25) is 0 Å². The molecule has 0 bridgehead atoms. The summed E-state index contributed by atoms with van der Waals surface area (Å²) in [6.45, 7) is 10.4. The van der Waals surface area contributed by atoms with Gasteiger partial charge in [-0.25, -0.2) is 0 Å². The highest BCUT2D eigenvalue weighted by Crippen LogP contribution is 2.22. The number of hydrogen-bond donors (Lipinski definition) is 0. The molecular formula is C14H21Cl. The van der Waals surface area contributed by atoms with Crippen molar-refractivity contribution in [3.05, 3.63) is 40.4 Å². The van der Waals surface area contributed by atoms with Gasteiger partial charge < -0.3 is 0 Å². The van der Waals surface area contributed by atoms with Crippen molar-refractivity contribution in [2.24, 2.45) is 0 Å². The van der Waals surface area contributed by atoms with Crippen LogP contribution < -0.4 is 0 Å². The van der Waals surface area contributed by atoms with Gasteiger partial charge >= 0.3 is 0 Å². The summed E-state index contributed by atoms with van der Waals surface area (Å²) in [6.07, 6.45) is 3.29. The Bertz CT molecular complexity index is 324. The molecule has 0 atom stereocenters. The van der Waals surface area contributed by atoms with Gasteiger partial charge in [0.05, 0.1) is 0 Å². The molecule has 0 radical (unpaired) electrons. The van der Waals surface area contributed by atoms with Crippen molar-refractivity contribution in [3.8, 4) is 0 Å². The lowest BCUT2D eigenvalue weighted by Crippen LogP contribution is -1.85. The van der Waals surface area contributed by atoms with Crippen molar-refractivity contribution in [3.63, 3.8) is 0 Å². The van der Waals surface area contributed by atoms with Crippen LogP contribution in [0.4, 0.5) is 0 Å². The molecule has 84 valence electrons. The number of allylic oxidation sites excluding steroid dienone is 2. The molecule has 0 saturated carbocycles. The van der Waals surface area contributed by atoms with E-state index in [1.165, 1.54) is 16.7 Å². The Labute approximate surface area is 99.0 Å². The Morgan fingerprint density at radius 1 is 1.33 bits per heavy atom. The molecule has 0 N–H and O–H groups in total. The molecule has 0 aliphatic rings. The van der Waals surface area contributed by atoms with Gasteiger partial charge in [0.1, 0.15) is 0 Å². The molecule has 0 heterocycles. The first-order chi connectivity index (χ1) is 7.15. The minimum absolute atomic E-state index is 0.810. The molecule has 0 spiro atoms. The van der Waals surface area contributed by atoms with Crippen molar-refractivity contribution in [2.75, 3.05) is 0 Å². The molecule has 0 aliphatic carbocycles. The van der Waals surface area contributed by atoms with Crippen LogP contribution in [-0.4, -0.2) is 0 Å². The van der Waals surface area contributed by atoms with Crippen LogP contribution in [0.5, 0.6) is 0 Å². The van der Waals surface area contributed by atoms with E-state index in [-0.39, 0.29) is 0 Å². The van der Waals surface area contributed by atoms with E-state index < -0.39 is 0 Å². The number of rotatable bonds is 2. The second-order valence-corrected chi connectivity index (χ2v) is 3.69. The normalized spacial score (nSPS) is 10.7. The zero-order chi connectivity index (χ0) is 11.8. The highest BCUT2D eigenvalue weighted by Gasteiger charge is 2.00. The quantitative estimate of drug-likeness (QED) is 0.623. The lowest BCUT2D eigenvalue weighted by Gasteiger charge is -2.06. The van der Waals surface area contributed by atoms with E-state index in [0.717, 1.165) is 11.4 Å². The number of halogens is 1. The zero-order valence-electron chi connectivity index (χ0n) is 10.4. The van der Waals surface area contributed by atoms with Gasteiger partial charge in [-0.15, -0.1) is 0 Å². The summed E-state index contributed by atoms with van der Waals surface area (Å²) in [7, 11) is 0. The number of hydrogen-bond acceptors (Lipinski definition) is 0. The average molecular weight is 225 g/mol. The second-order valence-electron chi connectivity index (χ2n) is 3.25. The average Bonchev–Trinajstić information content (AvgIpc) is 2.25. The standard InChI is InChI=1S/C12H15Cl.C2H6/c1-4-5-9(2)12-8-11(13)7-6-10(12)3;1-2/h5-8H,4H2,1-3H3;1-2H3/b9-5-;. The third-order valence-electron chi connectivity index (χ3n) is 2.13. The molecule has 1 heteroatoms.